The number of carbonyl (C=O) groups is 1. The molecule has 1 heterocycles. The van der Waals surface area contributed by atoms with Crippen molar-refractivity contribution in [2.45, 2.75) is 31.8 Å². The van der Waals surface area contributed by atoms with Gasteiger partial charge in [-0.2, -0.15) is 0 Å². The van der Waals surface area contributed by atoms with Crippen LogP contribution in [0.1, 0.15) is 22.3 Å². The van der Waals surface area contributed by atoms with E-state index in [2.05, 4.69) is 22.3 Å². The fraction of sp³-hybridized carbons (Fsp3) is 0.321. The first-order valence-electron chi connectivity index (χ1n) is 12.2. The van der Waals surface area contributed by atoms with Gasteiger partial charge in [0.1, 0.15) is 6.54 Å². The summed E-state index contributed by atoms with van der Waals surface area (Å²) in [6.45, 7) is 7.83. The molecule has 0 atom stereocenters. The van der Waals surface area contributed by atoms with E-state index in [1.54, 1.807) is 49.4 Å². The molecule has 1 aliphatic rings. The average Bonchev–Trinajstić information content (AvgIpc) is 2.89. The highest BCUT2D eigenvalue weighted by Crippen LogP contribution is 2.29. The van der Waals surface area contributed by atoms with Crippen LogP contribution in [0.3, 0.4) is 0 Å². The number of hydrogen-bond donors (Lipinski definition) is 1. The quantitative estimate of drug-likeness (QED) is 0.437. The molecule has 0 saturated carbocycles. The zero-order valence-corrected chi connectivity index (χ0v) is 22.7. The van der Waals surface area contributed by atoms with Crippen molar-refractivity contribution in [2.75, 3.05) is 37.2 Å². The monoisotopic (exact) mass is 541 g/mol. The van der Waals surface area contributed by atoms with E-state index in [-0.39, 0.29) is 11.4 Å². The topological polar surface area (TPSA) is 79.0 Å². The maximum atomic E-state index is 13.6. The zero-order valence-electron chi connectivity index (χ0n) is 21.1. The van der Waals surface area contributed by atoms with Gasteiger partial charge in [-0.15, -0.1) is 0 Å². The Balaban J connectivity index is 1.46. The van der Waals surface area contributed by atoms with Crippen LogP contribution in [-0.4, -0.2) is 52.1 Å². The van der Waals surface area contributed by atoms with Gasteiger partial charge in [-0.1, -0.05) is 59.6 Å². The third-order valence-electron chi connectivity index (χ3n) is 6.36. The molecule has 0 aliphatic carbocycles. The van der Waals surface area contributed by atoms with Gasteiger partial charge in [0.05, 0.1) is 23.8 Å². The van der Waals surface area contributed by atoms with Crippen molar-refractivity contribution in [3.63, 3.8) is 0 Å². The third-order valence-corrected chi connectivity index (χ3v) is 8.37. The Morgan fingerprint density at radius 1 is 0.973 bits per heavy atom. The fourth-order valence-electron chi connectivity index (χ4n) is 4.16. The second-order valence-electron chi connectivity index (χ2n) is 9.24. The van der Waals surface area contributed by atoms with Crippen molar-refractivity contribution in [1.29, 1.82) is 0 Å². The summed E-state index contributed by atoms with van der Waals surface area (Å²) in [5, 5.41) is 3.25. The molecule has 1 aliphatic heterocycles. The van der Waals surface area contributed by atoms with E-state index < -0.39 is 15.9 Å². The summed E-state index contributed by atoms with van der Waals surface area (Å²) in [4.78, 5) is 15.4. The van der Waals surface area contributed by atoms with Gasteiger partial charge in [0.2, 0.25) is 5.91 Å². The summed E-state index contributed by atoms with van der Waals surface area (Å²) in [5.74, 6) is -0.410. The molecule has 3 aromatic rings. The Labute approximate surface area is 224 Å². The van der Waals surface area contributed by atoms with E-state index in [4.69, 9.17) is 16.3 Å². The van der Waals surface area contributed by atoms with Crippen LogP contribution in [-0.2, 0) is 32.6 Å². The maximum Gasteiger partial charge on any atom is 0.264 e. The van der Waals surface area contributed by atoms with Crippen LogP contribution in [0, 0.1) is 13.8 Å². The van der Waals surface area contributed by atoms with Crippen LogP contribution in [0.15, 0.2) is 71.6 Å². The zero-order chi connectivity index (χ0) is 26.4. The summed E-state index contributed by atoms with van der Waals surface area (Å²) in [6, 6.07) is 19.7. The second kappa shape index (κ2) is 12.1. The predicted octanol–water partition coefficient (Wildman–Crippen LogP) is 4.30. The molecule has 1 saturated heterocycles. The van der Waals surface area contributed by atoms with Crippen LogP contribution in [0.25, 0.3) is 0 Å². The molecule has 1 N–H and O–H groups in total. The number of halogens is 1. The number of ether oxygens (including phenoxy) is 1. The van der Waals surface area contributed by atoms with Crippen molar-refractivity contribution in [2.24, 2.45) is 0 Å². The Morgan fingerprint density at radius 3 is 2.30 bits per heavy atom. The van der Waals surface area contributed by atoms with Crippen molar-refractivity contribution >= 4 is 33.2 Å². The summed E-state index contributed by atoms with van der Waals surface area (Å²) in [6.07, 6.45) is 0. The highest BCUT2D eigenvalue weighted by molar-refractivity contribution is 7.92. The van der Waals surface area contributed by atoms with Gasteiger partial charge < -0.3 is 10.1 Å². The van der Waals surface area contributed by atoms with Gasteiger partial charge in [-0.25, -0.2) is 8.42 Å². The Hall–Kier alpha value is -2.91. The maximum absolute atomic E-state index is 13.6. The van der Waals surface area contributed by atoms with Crippen LogP contribution in [0.2, 0.25) is 5.02 Å². The minimum atomic E-state index is -4.01. The molecular weight excluding hydrogens is 510 g/mol. The van der Waals surface area contributed by atoms with Gasteiger partial charge in [0.15, 0.2) is 0 Å². The first-order valence-corrected chi connectivity index (χ1v) is 14.0. The predicted molar refractivity (Wildman–Crippen MR) is 146 cm³/mol. The lowest BCUT2D eigenvalue weighted by atomic mass is 10.1. The Bertz CT molecular complexity index is 1320. The van der Waals surface area contributed by atoms with E-state index in [0.717, 1.165) is 48.3 Å². The number of nitrogens with zero attached hydrogens (tertiary/aromatic N) is 2. The molecule has 196 valence electrons. The molecule has 9 heteroatoms. The molecule has 0 aromatic heterocycles. The van der Waals surface area contributed by atoms with Gasteiger partial charge in [0, 0.05) is 31.2 Å². The summed E-state index contributed by atoms with van der Waals surface area (Å²) >= 11 is 6.20. The molecule has 0 bridgehead atoms. The first kappa shape index (κ1) is 27.1. The molecule has 1 fully saturated rings. The molecule has 0 unspecified atom stereocenters. The van der Waals surface area contributed by atoms with E-state index in [9.17, 15) is 13.2 Å². The van der Waals surface area contributed by atoms with E-state index in [0.29, 0.717) is 22.8 Å². The highest BCUT2D eigenvalue weighted by atomic mass is 35.5. The number of hydrogen-bond acceptors (Lipinski definition) is 5. The second-order valence-corrected chi connectivity index (χ2v) is 11.5. The molecule has 4 rings (SSSR count). The molecule has 0 spiro atoms. The fourth-order valence-corrected chi connectivity index (χ4v) is 5.80. The number of carbonyl (C=O) groups excluding carboxylic acids is 1. The lowest BCUT2D eigenvalue weighted by Crippen LogP contribution is -2.41. The molecule has 7 nitrogen and oxygen atoms in total. The molecule has 1 amide bonds. The normalized spacial score (nSPS) is 14.4. The smallest absolute Gasteiger partial charge is 0.264 e. The number of rotatable bonds is 9. The van der Waals surface area contributed by atoms with Crippen molar-refractivity contribution < 1.29 is 17.9 Å². The van der Waals surface area contributed by atoms with Gasteiger partial charge in [-0.05, 0) is 54.8 Å². The summed E-state index contributed by atoms with van der Waals surface area (Å²) in [7, 11) is -4.01. The number of amides is 1. The van der Waals surface area contributed by atoms with Crippen molar-refractivity contribution in [3.8, 4) is 0 Å². The number of sulfonamides is 1. The lowest BCUT2D eigenvalue weighted by molar-refractivity contribution is -0.119. The van der Waals surface area contributed by atoms with Crippen LogP contribution < -0.4 is 9.62 Å². The SMILES string of the molecule is Cc1ccc(S(=O)(=O)N(CC(=O)NCc2ccc(CN3CCOCC3)cc2)c2cc(Cl)ccc2C)cc1. The first-order chi connectivity index (χ1) is 17.7. The Morgan fingerprint density at radius 2 is 1.62 bits per heavy atom. The molecule has 0 radical (unpaired) electrons. The summed E-state index contributed by atoms with van der Waals surface area (Å²) in [5.41, 5.74) is 4.15. The lowest BCUT2D eigenvalue weighted by Gasteiger charge is -2.26. The van der Waals surface area contributed by atoms with E-state index >= 15 is 0 Å². The number of aryl methyl sites for hydroxylation is 2. The Kier molecular flexibility index (Phi) is 8.87. The third kappa shape index (κ3) is 7.11. The van der Waals surface area contributed by atoms with Crippen molar-refractivity contribution in [3.05, 3.63) is 94.0 Å². The number of benzene rings is 3. The molecule has 3 aromatic carbocycles. The number of anilines is 1. The van der Waals surface area contributed by atoms with E-state index in [1.165, 1.54) is 5.56 Å². The average molecular weight is 542 g/mol. The minimum Gasteiger partial charge on any atom is -0.379 e. The van der Waals surface area contributed by atoms with Crippen LogP contribution in [0.4, 0.5) is 5.69 Å². The largest absolute Gasteiger partial charge is 0.379 e. The van der Waals surface area contributed by atoms with Crippen LogP contribution >= 0.6 is 11.6 Å². The van der Waals surface area contributed by atoms with Gasteiger partial charge >= 0.3 is 0 Å². The number of morpholine rings is 1. The van der Waals surface area contributed by atoms with Crippen molar-refractivity contribution in [1.82, 2.24) is 10.2 Å². The highest BCUT2D eigenvalue weighted by Gasteiger charge is 2.28. The number of nitrogens with one attached hydrogen (secondary N) is 1. The van der Waals surface area contributed by atoms with Gasteiger partial charge in [0.25, 0.3) is 10.0 Å². The summed E-state index contributed by atoms with van der Waals surface area (Å²) < 4.78 is 33.7. The minimum absolute atomic E-state index is 0.112. The van der Waals surface area contributed by atoms with Gasteiger partial charge in [-0.3, -0.25) is 14.0 Å². The van der Waals surface area contributed by atoms with E-state index in [1.807, 2.05) is 19.1 Å². The van der Waals surface area contributed by atoms with Crippen LogP contribution in [0.5, 0.6) is 0 Å². The molecular formula is C28H32ClN3O4S. The molecule has 37 heavy (non-hydrogen) atoms. The standard InChI is InChI=1S/C28H32ClN3O4S/c1-21-3-11-26(12-4-21)37(34,35)32(27-17-25(29)10-5-22(27)2)20-28(33)30-18-23-6-8-24(9-7-23)19-31-13-15-36-16-14-31/h3-12,17H,13-16,18-20H2,1-2H3,(H,30,33).